The summed E-state index contributed by atoms with van der Waals surface area (Å²) in [5, 5.41) is 19.5. The van der Waals surface area contributed by atoms with Crippen molar-refractivity contribution in [1.82, 2.24) is 19.9 Å². The standard InChI is InChI=1S/C19H16N4O4/c1-11-6-12(10-22-17(25)8-13(24)9-18(22)26)19(27)16(7-11)23-20-14-4-2-3-5-15(14)21-23/h2-7,27H,8-10H2,1H3. The lowest BCUT2D eigenvalue weighted by atomic mass is 10.0. The number of benzene rings is 2. The summed E-state index contributed by atoms with van der Waals surface area (Å²) < 4.78 is 0. The Morgan fingerprint density at radius 3 is 2.19 bits per heavy atom. The van der Waals surface area contributed by atoms with E-state index in [4.69, 9.17) is 0 Å². The number of fused-ring (bicyclic) bond motifs is 1. The average molecular weight is 364 g/mol. The fourth-order valence-corrected chi connectivity index (χ4v) is 3.15. The quantitative estimate of drug-likeness (QED) is 0.560. The summed E-state index contributed by atoms with van der Waals surface area (Å²) in [6.45, 7) is 1.73. The number of ketones is 1. The summed E-state index contributed by atoms with van der Waals surface area (Å²) in [7, 11) is 0. The molecule has 0 radical (unpaired) electrons. The summed E-state index contributed by atoms with van der Waals surface area (Å²) in [6.07, 6.45) is -0.589. The van der Waals surface area contributed by atoms with E-state index in [9.17, 15) is 19.5 Å². The molecule has 0 unspecified atom stereocenters. The number of carbonyl (C=O) groups excluding carboxylic acids is 3. The summed E-state index contributed by atoms with van der Waals surface area (Å²) in [4.78, 5) is 37.9. The van der Waals surface area contributed by atoms with Crippen molar-refractivity contribution in [2.75, 3.05) is 0 Å². The van der Waals surface area contributed by atoms with E-state index in [0.29, 0.717) is 22.3 Å². The molecule has 1 saturated heterocycles. The molecule has 27 heavy (non-hydrogen) atoms. The second kappa shape index (κ2) is 6.31. The zero-order valence-corrected chi connectivity index (χ0v) is 14.5. The first-order valence-electron chi connectivity index (χ1n) is 8.42. The van der Waals surface area contributed by atoms with Crippen LogP contribution in [0, 0.1) is 6.92 Å². The highest BCUT2D eigenvalue weighted by Gasteiger charge is 2.32. The van der Waals surface area contributed by atoms with Crippen molar-refractivity contribution in [2.45, 2.75) is 26.3 Å². The molecular weight excluding hydrogens is 348 g/mol. The minimum absolute atomic E-state index is 0.105. The second-order valence-corrected chi connectivity index (χ2v) is 6.54. The van der Waals surface area contributed by atoms with Crippen molar-refractivity contribution < 1.29 is 19.5 Å². The number of phenols is 1. The zero-order valence-electron chi connectivity index (χ0n) is 14.5. The summed E-state index contributed by atoms with van der Waals surface area (Å²) in [5.74, 6) is -1.61. The number of likely N-dealkylation sites (tertiary alicyclic amines) is 1. The van der Waals surface area contributed by atoms with Gasteiger partial charge in [-0.3, -0.25) is 19.3 Å². The van der Waals surface area contributed by atoms with E-state index in [1.165, 1.54) is 4.80 Å². The Labute approximate surface area is 154 Å². The number of carbonyl (C=O) groups is 3. The molecule has 2 amide bonds. The molecule has 8 nitrogen and oxygen atoms in total. The van der Waals surface area contributed by atoms with Crippen molar-refractivity contribution in [3.63, 3.8) is 0 Å². The van der Waals surface area contributed by atoms with Gasteiger partial charge in [0.1, 0.15) is 22.5 Å². The Bertz CT molecular complexity index is 1050. The van der Waals surface area contributed by atoms with Crippen LogP contribution in [0.5, 0.6) is 5.75 Å². The molecule has 0 atom stereocenters. The van der Waals surface area contributed by atoms with Crippen LogP contribution in [-0.4, -0.2) is 42.6 Å². The van der Waals surface area contributed by atoms with Gasteiger partial charge in [-0.25, -0.2) is 0 Å². The summed E-state index contributed by atoms with van der Waals surface area (Å²) in [5.41, 5.74) is 2.92. The molecular formula is C19H16N4O4. The highest BCUT2D eigenvalue weighted by Crippen LogP contribution is 2.30. The van der Waals surface area contributed by atoms with Gasteiger partial charge in [0.15, 0.2) is 5.78 Å². The molecule has 1 aromatic heterocycles. The lowest BCUT2D eigenvalue weighted by molar-refractivity contribution is -0.151. The van der Waals surface area contributed by atoms with Gasteiger partial charge in [-0.1, -0.05) is 18.2 Å². The second-order valence-electron chi connectivity index (χ2n) is 6.54. The van der Waals surface area contributed by atoms with Crippen LogP contribution in [0.15, 0.2) is 36.4 Å². The molecule has 4 rings (SSSR count). The number of aromatic nitrogens is 3. The lowest BCUT2D eigenvalue weighted by Gasteiger charge is -2.25. The van der Waals surface area contributed by atoms with E-state index in [1.807, 2.05) is 31.2 Å². The maximum Gasteiger partial charge on any atom is 0.236 e. The van der Waals surface area contributed by atoms with Crippen LogP contribution in [-0.2, 0) is 20.9 Å². The van der Waals surface area contributed by atoms with Crippen LogP contribution in [0.25, 0.3) is 16.7 Å². The highest BCUT2D eigenvalue weighted by atomic mass is 16.3. The van der Waals surface area contributed by atoms with Crippen LogP contribution in [0.4, 0.5) is 0 Å². The number of Topliss-reactive ketones (excluding diaryl/α,β-unsaturated/α-hetero) is 1. The molecule has 0 bridgehead atoms. The first-order chi connectivity index (χ1) is 12.9. The van der Waals surface area contributed by atoms with Gasteiger partial charge in [0.25, 0.3) is 0 Å². The summed E-state index contributed by atoms with van der Waals surface area (Å²) >= 11 is 0. The van der Waals surface area contributed by atoms with Crippen LogP contribution >= 0.6 is 0 Å². The monoisotopic (exact) mass is 364 g/mol. The Hall–Kier alpha value is -3.55. The molecule has 0 spiro atoms. The number of rotatable bonds is 3. The third-order valence-electron chi connectivity index (χ3n) is 4.44. The van der Waals surface area contributed by atoms with E-state index in [0.717, 1.165) is 10.5 Å². The molecule has 3 aromatic rings. The number of amides is 2. The summed E-state index contributed by atoms with van der Waals surface area (Å²) in [6, 6.07) is 10.7. The van der Waals surface area contributed by atoms with Crippen molar-refractivity contribution >= 4 is 28.6 Å². The molecule has 8 heteroatoms. The van der Waals surface area contributed by atoms with Gasteiger partial charge in [0.2, 0.25) is 11.8 Å². The number of hydrogen-bond acceptors (Lipinski definition) is 6. The van der Waals surface area contributed by atoms with E-state index >= 15 is 0 Å². The first kappa shape index (κ1) is 16.9. The average Bonchev–Trinajstić information content (AvgIpc) is 3.04. The fourth-order valence-electron chi connectivity index (χ4n) is 3.15. The predicted octanol–water partition coefficient (Wildman–Crippen LogP) is 1.65. The number of phenolic OH excluding ortho intramolecular Hbond substituents is 1. The van der Waals surface area contributed by atoms with E-state index in [2.05, 4.69) is 10.2 Å². The molecule has 1 aliphatic heterocycles. The molecule has 136 valence electrons. The van der Waals surface area contributed by atoms with Gasteiger partial charge in [-0.05, 0) is 30.7 Å². The Kier molecular flexibility index (Phi) is 3.95. The number of aromatic hydroxyl groups is 1. The van der Waals surface area contributed by atoms with Crippen LogP contribution in [0.1, 0.15) is 24.0 Å². The van der Waals surface area contributed by atoms with Crippen LogP contribution < -0.4 is 0 Å². The Balaban J connectivity index is 1.73. The van der Waals surface area contributed by atoms with E-state index in [1.54, 1.807) is 12.1 Å². The molecule has 0 aliphatic carbocycles. The van der Waals surface area contributed by atoms with Crippen molar-refractivity contribution in [2.24, 2.45) is 0 Å². The molecule has 1 fully saturated rings. The van der Waals surface area contributed by atoms with Gasteiger partial charge in [-0.15, -0.1) is 15.0 Å². The minimum atomic E-state index is -0.554. The zero-order chi connectivity index (χ0) is 19.1. The number of nitrogens with zero attached hydrogens (tertiary/aromatic N) is 4. The van der Waals surface area contributed by atoms with Crippen LogP contribution in [0.3, 0.4) is 0 Å². The largest absolute Gasteiger partial charge is 0.505 e. The SMILES string of the molecule is Cc1cc(CN2C(=O)CC(=O)CC2=O)c(O)c(-n2nc3ccccc3n2)c1. The maximum absolute atomic E-state index is 12.1. The van der Waals surface area contributed by atoms with Crippen LogP contribution in [0.2, 0.25) is 0 Å². The first-order valence-corrected chi connectivity index (χ1v) is 8.42. The van der Waals surface area contributed by atoms with Gasteiger partial charge in [0.05, 0.1) is 19.4 Å². The maximum atomic E-state index is 12.1. The third kappa shape index (κ3) is 3.05. The van der Waals surface area contributed by atoms with Gasteiger partial charge >= 0.3 is 0 Å². The van der Waals surface area contributed by atoms with Crippen molar-refractivity contribution in [3.05, 3.63) is 47.5 Å². The number of hydrogen-bond donors (Lipinski definition) is 1. The van der Waals surface area contributed by atoms with Crippen molar-refractivity contribution in [1.29, 1.82) is 0 Å². The minimum Gasteiger partial charge on any atom is -0.505 e. The number of piperidine rings is 1. The molecule has 1 N–H and O–H groups in total. The smallest absolute Gasteiger partial charge is 0.236 e. The topological polar surface area (TPSA) is 105 Å². The Morgan fingerprint density at radius 1 is 1.00 bits per heavy atom. The van der Waals surface area contributed by atoms with Gasteiger partial charge in [-0.2, -0.15) is 0 Å². The molecule has 2 aromatic carbocycles. The van der Waals surface area contributed by atoms with Gasteiger partial charge < -0.3 is 5.11 Å². The molecule has 2 heterocycles. The van der Waals surface area contributed by atoms with Crippen molar-refractivity contribution in [3.8, 4) is 11.4 Å². The van der Waals surface area contributed by atoms with E-state index in [-0.39, 0.29) is 30.9 Å². The Morgan fingerprint density at radius 2 is 1.59 bits per heavy atom. The predicted molar refractivity (Wildman–Crippen MR) is 95.1 cm³/mol. The van der Waals surface area contributed by atoms with Gasteiger partial charge in [0, 0.05) is 5.56 Å². The fraction of sp³-hybridized carbons (Fsp3) is 0.211. The number of imide groups is 1. The molecule has 0 saturated carbocycles. The normalized spacial score (nSPS) is 15.0. The lowest BCUT2D eigenvalue weighted by Crippen LogP contribution is -2.42. The highest BCUT2D eigenvalue weighted by molar-refractivity contribution is 6.16. The van der Waals surface area contributed by atoms with E-state index < -0.39 is 11.8 Å². The third-order valence-corrected chi connectivity index (χ3v) is 4.44. The number of aryl methyl sites for hydroxylation is 1. The molecule has 1 aliphatic rings.